The molecule has 0 aliphatic carbocycles. The first-order chi connectivity index (χ1) is 41.7. The van der Waals surface area contributed by atoms with E-state index in [0.717, 1.165) is 24.1 Å². The number of aliphatic carboxylic acids is 1. The zero-order chi connectivity index (χ0) is 68.1. The van der Waals surface area contributed by atoms with E-state index in [-0.39, 0.29) is 92.9 Å². The molecule has 0 saturated carbocycles. The number of aliphatic hydroxyl groups is 2. The number of aromatic nitrogens is 4. The van der Waals surface area contributed by atoms with E-state index in [4.69, 9.17) is 48.8 Å². The van der Waals surface area contributed by atoms with Crippen molar-refractivity contribution in [2.45, 2.75) is 147 Å². The number of nitrogens with two attached hydrogens (primary N) is 6. The smallest absolute Gasteiger partial charge is 0.480 e. The maximum Gasteiger partial charge on any atom is 0.490 e. The molecule has 3 heterocycles. The van der Waals surface area contributed by atoms with Crippen LogP contribution in [0.1, 0.15) is 92.2 Å². The van der Waals surface area contributed by atoms with Gasteiger partial charge in [0, 0.05) is 13.1 Å². The number of hydrogen-bond donors (Lipinski definition) is 19. The predicted molar refractivity (Wildman–Crippen MR) is 312 cm³/mol. The molecule has 2 aromatic heterocycles. The molecule has 1 aliphatic rings. The average molecular weight is 1370 g/mol. The van der Waals surface area contributed by atoms with Crippen LogP contribution in [0.25, 0.3) is 11.2 Å². The van der Waals surface area contributed by atoms with Crippen molar-refractivity contribution in [1.29, 1.82) is 0 Å². The van der Waals surface area contributed by atoms with Crippen molar-refractivity contribution in [1.82, 2.24) is 51.4 Å². The summed E-state index contributed by atoms with van der Waals surface area (Å²) >= 11 is 0. The zero-order valence-corrected chi connectivity index (χ0v) is 52.9. The molecule has 0 bridgehead atoms. The van der Waals surface area contributed by atoms with E-state index >= 15 is 0 Å². The second kappa shape index (κ2) is 35.4. The number of carboxylic acids is 1. The second-order valence-electron chi connectivity index (χ2n) is 20.9. The molecule has 4 unspecified atom stereocenters. The van der Waals surface area contributed by atoms with Gasteiger partial charge in [-0.3, -0.25) is 57.2 Å². The number of hydrogen-bond acceptors (Lipinski definition) is 26. The molecule has 0 radical (unpaired) electrons. The quantitative estimate of drug-likeness (QED) is 0.0129. The maximum absolute atomic E-state index is 14.0. The lowest BCUT2D eigenvalue weighted by Crippen LogP contribution is -2.59. The summed E-state index contributed by atoms with van der Waals surface area (Å²) in [4.78, 5) is 154. The Labute approximate surface area is 513 Å². The Morgan fingerprint density at radius 3 is 1.66 bits per heavy atom. The van der Waals surface area contributed by atoms with Crippen LogP contribution in [-0.2, 0) is 78.5 Å². The molecule has 6 amide bonds. The molecule has 46 heteroatoms. The molecule has 3 rings (SSSR count). The number of aliphatic hydroxyl groups excluding tert-OH is 2. The SMILES string of the molecule is CC(C)C[C@H](NC(=O)[C@H](COP(=O)(O)OP(=O)(O)OP(=O)(O)OP(=O)(O)OC[C@H]1O[C@@H](n2cnc3c(N)ncnc32)[C@H](O)[C@@H]1O)NC(=O)[C@H](C)NC(=O)[C@H](CCCCN=C(N)N)NC(=O)[C@H](CCCCN=C(N)N)NC(=O)[C@@H](N)CC(C)C)C(=O)NCC(=O)O. The second-order valence-corrected chi connectivity index (χ2v) is 27.1. The number of phosphoric ester groups is 2. The molecule has 1 aliphatic heterocycles. The van der Waals surface area contributed by atoms with Gasteiger partial charge >= 0.3 is 37.3 Å². The van der Waals surface area contributed by atoms with Gasteiger partial charge in [-0.05, 0) is 70.1 Å². The van der Waals surface area contributed by atoms with Crippen LogP contribution in [0.2, 0.25) is 0 Å². The predicted octanol–water partition coefficient (Wildman–Crippen LogP) is -4.54. The minimum atomic E-state index is -6.53. The van der Waals surface area contributed by atoms with Gasteiger partial charge in [0.15, 0.2) is 29.6 Å². The highest BCUT2D eigenvalue weighted by molar-refractivity contribution is 7.69. The molecule has 14 atom stereocenters. The molecule has 0 aromatic carbocycles. The van der Waals surface area contributed by atoms with Crippen LogP contribution < -0.4 is 66.3 Å². The van der Waals surface area contributed by atoms with E-state index in [0.29, 0.717) is 6.42 Å². The van der Waals surface area contributed by atoms with Gasteiger partial charge in [-0.25, -0.2) is 33.2 Å². The number of amides is 6. The minimum Gasteiger partial charge on any atom is -0.480 e. The summed E-state index contributed by atoms with van der Waals surface area (Å²) in [6, 6.07) is -9.43. The Kier molecular flexibility index (Phi) is 30.6. The molecule has 90 heavy (non-hydrogen) atoms. The first kappa shape index (κ1) is 77.8. The van der Waals surface area contributed by atoms with E-state index in [1.54, 1.807) is 13.8 Å². The summed E-state index contributed by atoms with van der Waals surface area (Å²) in [6.45, 7) is 4.39. The van der Waals surface area contributed by atoms with Crippen molar-refractivity contribution >= 4 is 102 Å². The third kappa shape index (κ3) is 27.2. The number of guanidine groups is 2. The standard InChI is InChI=1S/C44H80N18O24P4/c1-21(2)14-24(45)37(68)58-26(11-7-9-13-52-44(49)50)40(71)59-25(10-6-8-12-51-43(47)48)39(70)57-23(5)36(67)61-28(41(72)60-27(15-22(3)4)38(69)53-16-30(63)64)17-81-87(73,74)84-89(77,78)86-90(79,80)85-88(75,76)82-18-29-32(65)33(66)42(83-29)62-20-56-31-34(46)54-19-55-35(31)62/h19-29,32-33,42,65-66H,6-18,45H2,1-5H3,(H,53,69)(H,57,70)(H,58,68)(H,59,71)(H,60,72)(H,61,67)(H,63,64)(H,73,74)(H,75,76)(H,77,78)(H,79,80)(H2,46,54,55)(H4,47,48,51)(H4,49,50,52)/t23-,24-,25-,26-,27-,28-,29+,32+,33+,42+/m0/s1. The van der Waals surface area contributed by atoms with Gasteiger partial charge in [-0.15, -0.1) is 0 Å². The number of nitrogen functional groups attached to an aromatic ring is 1. The van der Waals surface area contributed by atoms with Crippen LogP contribution in [0.3, 0.4) is 0 Å². The zero-order valence-electron chi connectivity index (χ0n) is 49.3. The summed E-state index contributed by atoms with van der Waals surface area (Å²) in [6.07, 6.45) is -3.82. The molecule has 2 aromatic rings. The van der Waals surface area contributed by atoms with Crippen molar-refractivity contribution in [2.24, 2.45) is 50.5 Å². The number of carboxylic acid groups (broad SMARTS) is 1. The summed E-state index contributed by atoms with van der Waals surface area (Å²) in [5, 5.41) is 44.2. The van der Waals surface area contributed by atoms with Crippen molar-refractivity contribution in [3.8, 4) is 0 Å². The fourth-order valence-electron chi connectivity index (χ4n) is 8.12. The van der Waals surface area contributed by atoms with Gasteiger partial charge in [-0.1, -0.05) is 27.7 Å². The normalized spacial score (nSPS) is 20.5. The number of nitrogens with one attached hydrogen (secondary N) is 6. The molecule has 1 saturated heterocycles. The number of aliphatic imine (C=N–C) groups is 2. The number of rotatable bonds is 40. The number of carbonyl (C=O) groups is 7. The molecule has 0 spiro atoms. The van der Waals surface area contributed by atoms with E-state index in [9.17, 15) is 81.6 Å². The minimum absolute atomic E-state index is 0.00268. The number of nitrogens with zero attached hydrogens (tertiary/aromatic N) is 6. The van der Waals surface area contributed by atoms with Crippen LogP contribution >= 0.6 is 31.3 Å². The molecule has 25 N–H and O–H groups in total. The van der Waals surface area contributed by atoms with Crippen molar-refractivity contribution in [3.63, 3.8) is 0 Å². The number of imidazole rings is 1. The van der Waals surface area contributed by atoms with Crippen LogP contribution in [0, 0.1) is 11.8 Å². The van der Waals surface area contributed by atoms with Gasteiger partial charge in [0.1, 0.15) is 66.9 Å². The molecule has 42 nitrogen and oxygen atoms in total. The number of unbranched alkanes of at least 4 members (excludes halogenated alkanes) is 2. The van der Waals surface area contributed by atoms with E-state index in [1.165, 1.54) is 0 Å². The van der Waals surface area contributed by atoms with Gasteiger partial charge in [0.05, 0.1) is 25.6 Å². The van der Waals surface area contributed by atoms with Gasteiger partial charge in [0.25, 0.3) is 0 Å². The third-order valence-corrected chi connectivity index (χ3v) is 18.2. The van der Waals surface area contributed by atoms with Crippen LogP contribution in [-0.4, -0.2) is 195 Å². The van der Waals surface area contributed by atoms with E-state index in [2.05, 4.69) is 69.0 Å². The number of ether oxygens (including phenoxy) is 1. The number of carbonyl (C=O) groups excluding carboxylic acids is 6. The van der Waals surface area contributed by atoms with Gasteiger partial charge in [0.2, 0.25) is 35.4 Å². The summed E-state index contributed by atoms with van der Waals surface area (Å²) in [5.74, 6) is -8.83. The van der Waals surface area contributed by atoms with Crippen molar-refractivity contribution < 1.29 is 113 Å². The van der Waals surface area contributed by atoms with Gasteiger partial charge in [-0.2, -0.15) is 12.9 Å². The highest BCUT2D eigenvalue weighted by Crippen LogP contribution is 2.71. The van der Waals surface area contributed by atoms with Crippen LogP contribution in [0.4, 0.5) is 5.82 Å². The van der Waals surface area contributed by atoms with Crippen molar-refractivity contribution in [3.05, 3.63) is 12.7 Å². The van der Waals surface area contributed by atoms with Crippen molar-refractivity contribution in [2.75, 3.05) is 38.6 Å². The molecule has 510 valence electrons. The topological polar surface area (TPSA) is 681 Å². The average Bonchev–Trinajstić information content (AvgIpc) is 1.70. The molecule has 1 fully saturated rings. The lowest BCUT2D eigenvalue weighted by molar-refractivity contribution is -0.138. The fraction of sp³-hybridized carbons (Fsp3) is 0.682. The molecular formula is C44H80N18O24P4. The first-order valence-corrected chi connectivity index (χ1v) is 33.3. The Balaban J connectivity index is 1.84. The highest BCUT2D eigenvalue weighted by Gasteiger charge is 2.49. The number of anilines is 1. The fourth-order valence-corrected chi connectivity index (χ4v) is 13.1. The summed E-state index contributed by atoms with van der Waals surface area (Å²) in [7, 11) is -25.2. The third-order valence-electron chi connectivity index (χ3n) is 12.3. The Hall–Kier alpha value is -6.42. The Morgan fingerprint density at radius 2 is 1.12 bits per heavy atom. The maximum atomic E-state index is 14.0. The summed E-state index contributed by atoms with van der Waals surface area (Å²) in [5.41, 5.74) is 33.6. The first-order valence-electron chi connectivity index (χ1n) is 27.3. The monoisotopic (exact) mass is 1370 g/mol. The van der Waals surface area contributed by atoms with E-state index < -0.39 is 159 Å². The lowest BCUT2D eigenvalue weighted by Gasteiger charge is -2.27. The van der Waals surface area contributed by atoms with Crippen LogP contribution in [0.5, 0.6) is 0 Å². The largest absolute Gasteiger partial charge is 0.490 e. The number of fused-ring (bicyclic) bond motifs is 1. The summed E-state index contributed by atoms with van der Waals surface area (Å²) < 4.78 is 79.5. The van der Waals surface area contributed by atoms with E-state index in [1.807, 2.05) is 19.2 Å². The number of phosphoric acid groups is 4. The Morgan fingerprint density at radius 1 is 0.633 bits per heavy atom. The molecular weight excluding hydrogens is 1290 g/mol. The van der Waals surface area contributed by atoms with Gasteiger partial charge < -0.3 is 106 Å². The highest BCUT2D eigenvalue weighted by atomic mass is 31.3. The Bertz CT molecular complexity index is 3060. The lowest BCUT2D eigenvalue weighted by atomic mass is 10.0. The van der Waals surface area contributed by atoms with Crippen LogP contribution in [0.15, 0.2) is 22.6 Å².